The van der Waals surface area contributed by atoms with Gasteiger partial charge in [0.2, 0.25) is 0 Å². The van der Waals surface area contributed by atoms with Crippen molar-refractivity contribution in [2.45, 2.75) is 20.0 Å². The molecule has 0 amide bonds. The van der Waals surface area contributed by atoms with Gasteiger partial charge in [-0.3, -0.25) is 0 Å². The highest BCUT2D eigenvalue weighted by atomic mass is 32.1. The molecule has 2 N–H and O–H groups in total. The van der Waals surface area contributed by atoms with E-state index in [1.165, 1.54) is 5.56 Å². The van der Waals surface area contributed by atoms with Crippen LogP contribution in [0.25, 0.3) is 0 Å². The molecule has 0 bridgehead atoms. The van der Waals surface area contributed by atoms with Gasteiger partial charge in [-0.05, 0) is 35.6 Å². The van der Waals surface area contributed by atoms with E-state index in [2.05, 4.69) is 24.8 Å². The van der Waals surface area contributed by atoms with Gasteiger partial charge in [0.25, 0.3) is 0 Å². The third-order valence-electron chi connectivity index (χ3n) is 3.07. The van der Waals surface area contributed by atoms with Gasteiger partial charge in [-0.1, -0.05) is 24.8 Å². The van der Waals surface area contributed by atoms with Crippen molar-refractivity contribution < 1.29 is 9.47 Å². The predicted molar refractivity (Wildman–Crippen MR) is 87.0 cm³/mol. The Labute approximate surface area is 129 Å². The smallest absolute Gasteiger partial charge is 0.161 e. The maximum absolute atomic E-state index is 5.88. The first-order valence-corrected chi connectivity index (χ1v) is 7.71. The van der Waals surface area contributed by atoms with Crippen LogP contribution in [0.3, 0.4) is 0 Å². The maximum atomic E-state index is 5.88. The molecule has 0 aliphatic heterocycles. The Kier molecular flexibility index (Phi) is 5.68. The van der Waals surface area contributed by atoms with Crippen LogP contribution in [0.1, 0.15) is 22.9 Å². The van der Waals surface area contributed by atoms with Gasteiger partial charge < -0.3 is 15.2 Å². The van der Waals surface area contributed by atoms with E-state index in [1.54, 1.807) is 18.4 Å². The van der Waals surface area contributed by atoms with Crippen LogP contribution in [0.2, 0.25) is 0 Å². The van der Waals surface area contributed by atoms with E-state index in [1.807, 2.05) is 23.6 Å². The highest BCUT2D eigenvalue weighted by Gasteiger charge is 2.08. The van der Waals surface area contributed by atoms with Gasteiger partial charge in [-0.15, -0.1) is 11.3 Å². The minimum Gasteiger partial charge on any atom is -0.493 e. The average molecular weight is 301 g/mol. The van der Waals surface area contributed by atoms with E-state index in [0.717, 1.165) is 28.4 Å². The summed E-state index contributed by atoms with van der Waals surface area (Å²) in [4.78, 5) is 1.09. The number of ether oxygens (including phenoxy) is 2. The second-order valence-corrected chi connectivity index (χ2v) is 5.39. The Hall–Kier alpha value is -1.96. The van der Waals surface area contributed by atoms with Crippen molar-refractivity contribution in [2.75, 3.05) is 13.7 Å². The molecule has 1 heterocycles. The van der Waals surface area contributed by atoms with Gasteiger partial charge in [-0.2, -0.15) is 0 Å². The normalized spacial score (nSPS) is 9.86. The summed E-state index contributed by atoms with van der Waals surface area (Å²) in [5, 5.41) is 2.01. The molecule has 0 radical (unpaired) electrons. The number of methoxy groups -OCH3 is 1. The highest BCUT2D eigenvalue weighted by Crippen LogP contribution is 2.29. The Bertz CT molecular complexity index is 652. The van der Waals surface area contributed by atoms with Crippen LogP contribution in [-0.2, 0) is 13.0 Å². The second-order valence-electron chi connectivity index (χ2n) is 4.39. The summed E-state index contributed by atoms with van der Waals surface area (Å²) < 4.78 is 11.3. The Balaban J connectivity index is 2.11. The molecule has 21 heavy (non-hydrogen) atoms. The van der Waals surface area contributed by atoms with Gasteiger partial charge in [0.1, 0.15) is 6.61 Å². The summed E-state index contributed by atoms with van der Waals surface area (Å²) in [5.74, 6) is 7.45. The van der Waals surface area contributed by atoms with E-state index < -0.39 is 0 Å². The summed E-state index contributed by atoms with van der Waals surface area (Å²) in [6, 6.07) is 8.01. The molecule has 4 heteroatoms. The van der Waals surface area contributed by atoms with Crippen LogP contribution in [0.4, 0.5) is 0 Å². The fourth-order valence-electron chi connectivity index (χ4n) is 1.90. The van der Waals surface area contributed by atoms with E-state index in [9.17, 15) is 0 Å². The van der Waals surface area contributed by atoms with Crippen molar-refractivity contribution >= 4 is 11.3 Å². The molecule has 3 nitrogen and oxygen atoms in total. The van der Waals surface area contributed by atoms with Gasteiger partial charge in [0, 0.05) is 5.56 Å². The summed E-state index contributed by atoms with van der Waals surface area (Å²) in [6.07, 6.45) is 0.973. The Morgan fingerprint density at radius 1 is 1.24 bits per heavy atom. The monoisotopic (exact) mass is 301 g/mol. The lowest BCUT2D eigenvalue weighted by atomic mass is 10.1. The quantitative estimate of drug-likeness (QED) is 0.863. The van der Waals surface area contributed by atoms with Crippen molar-refractivity contribution in [3.63, 3.8) is 0 Å². The van der Waals surface area contributed by atoms with Crippen molar-refractivity contribution in [3.8, 4) is 23.3 Å². The lowest BCUT2D eigenvalue weighted by molar-refractivity contribution is 0.287. The minimum absolute atomic E-state index is 0.364. The van der Waals surface area contributed by atoms with Gasteiger partial charge in [0.15, 0.2) is 11.5 Å². The highest BCUT2D eigenvalue weighted by molar-refractivity contribution is 7.10. The molecule has 0 unspecified atom stereocenters. The maximum Gasteiger partial charge on any atom is 0.161 e. The molecule has 110 valence electrons. The van der Waals surface area contributed by atoms with Crippen LogP contribution in [0.15, 0.2) is 29.6 Å². The van der Waals surface area contributed by atoms with E-state index in [0.29, 0.717) is 13.2 Å². The fourth-order valence-corrected chi connectivity index (χ4v) is 2.65. The van der Waals surface area contributed by atoms with Crippen LogP contribution in [0, 0.1) is 11.8 Å². The molecular weight excluding hydrogens is 282 g/mol. The number of benzene rings is 1. The predicted octanol–water partition coefficient (Wildman–Crippen LogP) is 3.21. The largest absolute Gasteiger partial charge is 0.493 e. The van der Waals surface area contributed by atoms with Crippen molar-refractivity contribution in [3.05, 3.63) is 45.6 Å². The zero-order chi connectivity index (χ0) is 15.1. The van der Waals surface area contributed by atoms with Crippen LogP contribution >= 0.6 is 11.3 Å². The molecule has 0 aliphatic rings. The van der Waals surface area contributed by atoms with E-state index >= 15 is 0 Å². The van der Waals surface area contributed by atoms with Gasteiger partial charge >= 0.3 is 0 Å². The number of nitrogens with two attached hydrogens (primary N) is 1. The minimum atomic E-state index is 0.364. The zero-order valence-corrected chi connectivity index (χ0v) is 13.1. The molecule has 0 spiro atoms. The number of aryl methyl sites for hydroxylation is 1. The molecule has 2 rings (SSSR count). The SMILES string of the molecule is CCc1ccc(OCc2sccc2C#CCN)c(OC)c1. The van der Waals surface area contributed by atoms with Gasteiger partial charge in [0.05, 0.1) is 18.5 Å². The van der Waals surface area contributed by atoms with Crippen molar-refractivity contribution in [2.24, 2.45) is 5.73 Å². The molecule has 0 aliphatic carbocycles. The van der Waals surface area contributed by atoms with Gasteiger partial charge in [-0.25, -0.2) is 0 Å². The molecule has 0 saturated carbocycles. The first-order chi connectivity index (χ1) is 10.3. The van der Waals surface area contributed by atoms with Crippen molar-refractivity contribution in [1.82, 2.24) is 0 Å². The molecule has 0 saturated heterocycles. The number of hydrogen-bond donors (Lipinski definition) is 1. The summed E-state index contributed by atoms with van der Waals surface area (Å²) in [7, 11) is 1.66. The molecule has 0 atom stereocenters. The second kappa shape index (κ2) is 7.72. The topological polar surface area (TPSA) is 44.5 Å². The lowest BCUT2D eigenvalue weighted by Gasteiger charge is -2.11. The number of thiophene rings is 1. The molecule has 1 aromatic carbocycles. The third kappa shape index (κ3) is 4.01. The van der Waals surface area contributed by atoms with Crippen LogP contribution < -0.4 is 15.2 Å². The third-order valence-corrected chi connectivity index (χ3v) is 3.96. The van der Waals surface area contributed by atoms with Crippen LogP contribution in [0.5, 0.6) is 11.5 Å². The first kappa shape index (κ1) is 15.4. The average Bonchev–Trinajstić information content (AvgIpc) is 2.98. The Morgan fingerprint density at radius 2 is 2.10 bits per heavy atom. The Morgan fingerprint density at radius 3 is 2.81 bits per heavy atom. The summed E-state index contributed by atoms with van der Waals surface area (Å²) >= 11 is 1.63. The molecule has 2 aromatic rings. The van der Waals surface area contributed by atoms with E-state index in [4.69, 9.17) is 15.2 Å². The molecule has 0 fully saturated rings. The first-order valence-electron chi connectivity index (χ1n) is 6.83. The molecular formula is C17H19NO2S. The number of rotatable bonds is 5. The van der Waals surface area contributed by atoms with Crippen LogP contribution in [-0.4, -0.2) is 13.7 Å². The molecule has 1 aromatic heterocycles. The fraction of sp³-hybridized carbons (Fsp3) is 0.294. The summed E-state index contributed by atoms with van der Waals surface area (Å²) in [5.41, 5.74) is 7.62. The zero-order valence-electron chi connectivity index (χ0n) is 12.3. The lowest BCUT2D eigenvalue weighted by Crippen LogP contribution is -1.98. The summed E-state index contributed by atoms with van der Waals surface area (Å²) in [6.45, 7) is 2.96. The number of hydrogen-bond acceptors (Lipinski definition) is 4. The van der Waals surface area contributed by atoms with Crippen molar-refractivity contribution in [1.29, 1.82) is 0 Å². The van der Waals surface area contributed by atoms with E-state index in [-0.39, 0.29) is 0 Å². The standard InChI is InChI=1S/C17H19NO2S/c1-3-13-6-7-15(16(11-13)19-2)20-12-17-14(5-4-9-18)8-10-21-17/h6-8,10-11H,3,9,12,18H2,1-2H3.